The van der Waals surface area contributed by atoms with Gasteiger partial charge in [0.2, 0.25) is 0 Å². The molecule has 0 N–H and O–H groups in total. The van der Waals surface area contributed by atoms with E-state index in [0.717, 1.165) is 11.6 Å². The minimum Gasteiger partial charge on any atom is -0.377 e. The SMILES string of the molecule is C=CN(C)Cc1ccc(Cl)cc1. The van der Waals surface area contributed by atoms with E-state index in [4.69, 9.17) is 11.6 Å². The van der Waals surface area contributed by atoms with Gasteiger partial charge in [-0.05, 0) is 23.9 Å². The largest absolute Gasteiger partial charge is 0.377 e. The van der Waals surface area contributed by atoms with E-state index in [1.54, 1.807) is 6.20 Å². The smallest absolute Gasteiger partial charge is 0.0420 e. The highest BCUT2D eigenvalue weighted by atomic mass is 35.5. The summed E-state index contributed by atoms with van der Waals surface area (Å²) in [6.07, 6.45) is 1.80. The molecule has 0 aliphatic carbocycles. The van der Waals surface area contributed by atoms with Crippen LogP contribution in [0.1, 0.15) is 5.56 Å². The minimum atomic E-state index is 0.778. The van der Waals surface area contributed by atoms with Gasteiger partial charge in [-0.2, -0.15) is 0 Å². The molecule has 1 nitrogen and oxygen atoms in total. The summed E-state index contributed by atoms with van der Waals surface area (Å²) < 4.78 is 0. The molecule has 0 saturated heterocycles. The van der Waals surface area contributed by atoms with Crippen LogP contribution in [0.25, 0.3) is 0 Å². The summed E-state index contributed by atoms with van der Waals surface area (Å²) in [4.78, 5) is 2.02. The lowest BCUT2D eigenvalue weighted by molar-refractivity contribution is 0.452. The van der Waals surface area contributed by atoms with Crippen molar-refractivity contribution in [3.63, 3.8) is 0 Å². The molecule has 0 radical (unpaired) electrons. The summed E-state index contributed by atoms with van der Waals surface area (Å²) in [5.74, 6) is 0. The standard InChI is InChI=1S/C10H12ClN/c1-3-12(2)8-9-4-6-10(11)7-5-9/h3-7H,1,8H2,2H3. The van der Waals surface area contributed by atoms with Crippen molar-refractivity contribution in [1.82, 2.24) is 4.90 Å². The van der Waals surface area contributed by atoms with Crippen LogP contribution < -0.4 is 0 Å². The number of halogens is 1. The van der Waals surface area contributed by atoms with Crippen LogP contribution in [0.15, 0.2) is 37.0 Å². The zero-order chi connectivity index (χ0) is 8.97. The quantitative estimate of drug-likeness (QED) is 0.693. The van der Waals surface area contributed by atoms with Gasteiger partial charge in [0.1, 0.15) is 0 Å². The molecular formula is C10H12ClN. The Labute approximate surface area is 78.3 Å². The first kappa shape index (κ1) is 9.14. The monoisotopic (exact) mass is 181 g/mol. The first-order chi connectivity index (χ1) is 5.72. The molecule has 0 fully saturated rings. The molecule has 1 aromatic carbocycles. The van der Waals surface area contributed by atoms with Gasteiger partial charge in [0.15, 0.2) is 0 Å². The van der Waals surface area contributed by atoms with E-state index in [0.29, 0.717) is 0 Å². The minimum absolute atomic E-state index is 0.778. The average molecular weight is 182 g/mol. The van der Waals surface area contributed by atoms with Crippen LogP contribution in [-0.4, -0.2) is 11.9 Å². The molecule has 1 aromatic rings. The molecular weight excluding hydrogens is 170 g/mol. The molecule has 0 atom stereocenters. The molecule has 0 amide bonds. The first-order valence-electron chi connectivity index (χ1n) is 3.79. The molecule has 0 heterocycles. The molecule has 64 valence electrons. The Kier molecular flexibility index (Phi) is 3.18. The van der Waals surface area contributed by atoms with Gasteiger partial charge in [-0.1, -0.05) is 30.3 Å². The lowest BCUT2D eigenvalue weighted by Crippen LogP contribution is -2.08. The summed E-state index contributed by atoms with van der Waals surface area (Å²) in [6, 6.07) is 7.83. The summed E-state index contributed by atoms with van der Waals surface area (Å²) >= 11 is 5.75. The fourth-order valence-electron chi connectivity index (χ4n) is 0.942. The highest BCUT2D eigenvalue weighted by molar-refractivity contribution is 6.30. The zero-order valence-electron chi connectivity index (χ0n) is 7.13. The Morgan fingerprint density at radius 1 is 1.42 bits per heavy atom. The van der Waals surface area contributed by atoms with Gasteiger partial charge in [0, 0.05) is 18.6 Å². The molecule has 0 aliphatic rings. The number of benzene rings is 1. The van der Waals surface area contributed by atoms with Crippen molar-refractivity contribution in [2.24, 2.45) is 0 Å². The first-order valence-corrected chi connectivity index (χ1v) is 4.17. The molecule has 0 saturated carbocycles. The maximum atomic E-state index is 5.75. The maximum absolute atomic E-state index is 5.75. The van der Waals surface area contributed by atoms with Crippen molar-refractivity contribution in [3.05, 3.63) is 47.6 Å². The zero-order valence-corrected chi connectivity index (χ0v) is 7.88. The highest BCUT2D eigenvalue weighted by Crippen LogP contribution is 2.10. The molecule has 0 spiro atoms. The summed E-state index contributed by atoms with van der Waals surface area (Å²) in [5, 5.41) is 0.778. The summed E-state index contributed by atoms with van der Waals surface area (Å²) in [5.41, 5.74) is 1.24. The lowest BCUT2D eigenvalue weighted by atomic mass is 10.2. The predicted molar refractivity (Wildman–Crippen MR) is 53.1 cm³/mol. The van der Waals surface area contributed by atoms with E-state index in [2.05, 4.69) is 6.58 Å². The fourth-order valence-corrected chi connectivity index (χ4v) is 1.07. The topological polar surface area (TPSA) is 3.24 Å². The summed E-state index contributed by atoms with van der Waals surface area (Å²) in [7, 11) is 1.99. The normalized spacial score (nSPS) is 9.50. The molecule has 12 heavy (non-hydrogen) atoms. The van der Waals surface area contributed by atoms with E-state index in [-0.39, 0.29) is 0 Å². The van der Waals surface area contributed by atoms with E-state index >= 15 is 0 Å². The maximum Gasteiger partial charge on any atom is 0.0420 e. The van der Waals surface area contributed by atoms with E-state index < -0.39 is 0 Å². The second-order valence-corrected chi connectivity index (χ2v) is 3.16. The Balaban J connectivity index is 2.64. The average Bonchev–Trinajstić information content (AvgIpc) is 2.09. The molecule has 0 aromatic heterocycles. The van der Waals surface area contributed by atoms with Crippen LogP contribution in [0, 0.1) is 0 Å². The highest BCUT2D eigenvalue weighted by Gasteiger charge is 1.94. The Morgan fingerprint density at radius 2 is 2.00 bits per heavy atom. The third-order valence-corrected chi connectivity index (χ3v) is 1.91. The summed E-state index contributed by atoms with van der Waals surface area (Å²) in [6.45, 7) is 4.55. The Morgan fingerprint density at radius 3 is 2.50 bits per heavy atom. The number of hydrogen-bond acceptors (Lipinski definition) is 1. The van der Waals surface area contributed by atoms with Crippen LogP contribution in [-0.2, 0) is 6.54 Å². The predicted octanol–water partition coefficient (Wildman–Crippen LogP) is 2.92. The van der Waals surface area contributed by atoms with Crippen molar-refractivity contribution in [1.29, 1.82) is 0 Å². The lowest BCUT2D eigenvalue weighted by Gasteiger charge is -2.12. The van der Waals surface area contributed by atoms with Gasteiger partial charge in [-0.25, -0.2) is 0 Å². The van der Waals surface area contributed by atoms with Gasteiger partial charge >= 0.3 is 0 Å². The fraction of sp³-hybridized carbons (Fsp3) is 0.200. The molecule has 0 bridgehead atoms. The van der Waals surface area contributed by atoms with Crippen molar-refractivity contribution in [2.45, 2.75) is 6.54 Å². The van der Waals surface area contributed by atoms with Crippen molar-refractivity contribution >= 4 is 11.6 Å². The Bertz CT molecular complexity index is 253. The molecule has 0 unspecified atom stereocenters. The molecule has 0 aliphatic heterocycles. The second kappa shape index (κ2) is 4.17. The van der Waals surface area contributed by atoms with Crippen LogP contribution >= 0.6 is 11.6 Å². The number of rotatable bonds is 3. The third kappa shape index (κ3) is 2.59. The second-order valence-electron chi connectivity index (χ2n) is 2.72. The number of hydrogen-bond donors (Lipinski definition) is 0. The van der Waals surface area contributed by atoms with Crippen LogP contribution in [0.2, 0.25) is 5.02 Å². The van der Waals surface area contributed by atoms with Crippen molar-refractivity contribution in [3.8, 4) is 0 Å². The Hall–Kier alpha value is -0.950. The van der Waals surface area contributed by atoms with Crippen molar-refractivity contribution in [2.75, 3.05) is 7.05 Å². The van der Waals surface area contributed by atoms with Crippen molar-refractivity contribution < 1.29 is 0 Å². The molecule has 1 rings (SSSR count). The van der Waals surface area contributed by atoms with Gasteiger partial charge < -0.3 is 4.90 Å². The molecule has 2 heteroatoms. The van der Waals surface area contributed by atoms with Gasteiger partial charge in [-0.3, -0.25) is 0 Å². The third-order valence-electron chi connectivity index (χ3n) is 1.66. The van der Waals surface area contributed by atoms with E-state index in [9.17, 15) is 0 Å². The van der Waals surface area contributed by atoms with Crippen LogP contribution in [0.3, 0.4) is 0 Å². The van der Waals surface area contributed by atoms with E-state index in [1.807, 2.05) is 36.2 Å². The van der Waals surface area contributed by atoms with Crippen LogP contribution in [0.5, 0.6) is 0 Å². The van der Waals surface area contributed by atoms with Crippen LogP contribution in [0.4, 0.5) is 0 Å². The van der Waals surface area contributed by atoms with Gasteiger partial charge in [-0.15, -0.1) is 0 Å². The number of nitrogens with zero attached hydrogens (tertiary/aromatic N) is 1. The van der Waals surface area contributed by atoms with Gasteiger partial charge in [0.05, 0.1) is 0 Å². The van der Waals surface area contributed by atoms with Gasteiger partial charge in [0.25, 0.3) is 0 Å². The van der Waals surface area contributed by atoms with E-state index in [1.165, 1.54) is 5.56 Å².